The van der Waals surface area contributed by atoms with E-state index in [0.29, 0.717) is 13.2 Å². The number of likely N-dealkylation sites (N-methyl/N-ethyl adjacent to an activating group) is 1. The summed E-state index contributed by atoms with van der Waals surface area (Å²) in [5.41, 5.74) is 1.19. The number of halogens is 1. The van der Waals surface area contributed by atoms with Gasteiger partial charge in [0.1, 0.15) is 5.75 Å². The lowest BCUT2D eigenvalue weighted by molar-refractivity contribution is 0.152. The van der Waals surface area contributed by atoms with Crippen molar-refractivity contribution in [2.75, 3.05) is 54.1 Å². The van der Waals surface area contributed by atoms with E-state index in [4.69, 9.17) is 14.5 Å². The van der Waals surface area contributed by atoms with Gasteiger partial charge in [-0.3, -0.25) is 4.99 Å². The van der Waals surface area contributed by atoms with Gasteiger partial charge in [0.05, 0.1) is 26.3 Å². The van der Waals surface area contributed by atoms with E-state index < -0.39 is 0 Å². The predicted octanol–water partition coefficient (Wildman–Crippen LogP) is 2.51. The van der Waals surface area contributed by atoms with Gasteiger partial charge >= 0.3 is 0 Å². The van der Waals surface area contributed by atoms with Gasteiger partial charge in [-0.1, -0.05) is 12.1 Å². The third kappa shape index (κ3) is 9.27. The number of benzene rings is 1. The molecular formula is C18H33IN4O2. The summed E-state index contributed by atoms with van der Waals surface area (Å²) in [6, 6.07) is 8.33. The van der Waals surface area contributed by atoms with E-state index in [2.05, 4.69) is 48.7 Å². The Kier molecular flexibility index (Phi) is 13.5. The van der Waals surface area contributed by atoms with Crippen molar-refractivity contribution in [2.24, 2.45) is 4.99 Å². The van der Waals surface area contributed by atoms with Gasteiger partial charge in [-0.2, -0.15) is 0 Å². The SMILES string of the molecule is CCNC(=NCC(c1cccc(OC)c1)N(C)C)NCCOCC.I. The molecule has 0 saturated heterocycles. The number of methoxy groups -OCH3 is 1. The number of hydrogen-bond donors (Lipinski definition) is 2. The molecule has 0 amide bonds. The van der Waals surface area contributed by atoms with Gasteiger partial charge in [0, 0.05) is 19.7 Å². The van der Waals surface area contributed by atoms with Gasteiger partial charge in [-0.05, 0) is 45.6 Å². The third-order valence-electron chi connectivity index (χ3n) is 3.61. The molecule has 6 nitrogen and oxygen atoms in total. The summed E-state index contributed by atoms with van der Waals surface area (Å²) in [5.74, 6) is 1.68. The number of aliphatic imine (C=N–C) groups is 1. The summed E-state index contributed by atoms with van der Waals surface area (Å²) in [6.07, 6.45) is 0. The van der Waals surface area contributed by atoms with E-state index in [1.807, 2.05) is 19.1 Å². The molecule has 0 aliphatic carbocycles. The summed E-state index contributed by atoms with van der Waals surface area (Å²) < 4.78 is 10.7. The molecule has 0 aliphatic heterocycles. The first-order valence-electron chi connectivity index (χ1n) is 8.52. The molecule has 0 aliphatic rings. The van der Waals surface area contributed by atoms with Crippen molar-refractivity contribution in [3.05, 3.63) is 29.8 Å². The molecule has 0 radical (unpaired) electrons. The molecule has 25 heavy (non-hydrogen) atoms. The first-order valence-corrected chi connectivity index (χ1v) is 8.52. The number of rotatable bonds is 10. The van der Waals surface area contributed by atoms with E-state index in [-0.39, 0.29) is 30.0 Å². The maximum absolute atomic E-state index is 5.35. The summed E-state index contributed by atoms with van der Waals surface area (Å²) in [7, 11) is 5.82. The minimum Gasteiger partial charge on any atom is -0.497 e. The minimum atomic E-state index is 0. The molecule has 0 bridgehead atoms. The molecule has 1 unspecified atom stereocenters. The topological polar surface area (TPSA) is 58.1 Å². The van der Waals surface area contributed by atoms with Crippen LogP contribution in [0.5, 0.6) is 5.75 Å². The molecule has 0 saturated carbocycles. The zero-order valence-electron chi connectivity index (χ0n) is 16.0. The maximum atomic E-state index is 5.35. The molecule has 144 valence electrons. The third-order valence-corrected chi connectivity index (χ3v) is 3.61. The fourth-order valence-electron chi connectivity index (χ4n) is 2.32. The van der Waals surface area contributed by atoms with Gasteiger partial charge in [-0.25, -0.2) is 0 Å². The molecule has 0 heterocycles. The lowest BCUT2D eigenvalue weighted by Gasteiger charge is -2.24. The number of guanidine groups is 1. The quantitative estimate of drug-likeness (QED) is 0.241. The molecule has 0 fully saturated rings. The summed E-state index contributed by atoms with van der Waals surface area (Å²) in [6.45, 7) is 7.68. The second-order valence-electron chi connectivity index (χ2n) is 5.60. The highest BCUT2D eigenvalue weighted by Gasteiger charge is 2.14. The van der Waals surface area contributed by atoms with Crippen LogP contribution in [0, 0.1) is 0 Å². The standard InChI is InChI=1S/C18H32N4O2.HI/c1-6-19-18(20-11-12-24-7-2)21-14-17(22(3)4)15-9-8-10-16(13-15)23-5;/h8-10,13,17H,6-7,11-12,14H2,1-5H3,(H2,19,20,21);1H. The molecule has 2 N–H and O–H groups in total. The van der Waals surface area contributed by atoms with E-state index in [1.54, 1.807) is 7.11 Å². The smallest absolute Gasteiger partial charge is 0.191 e. The van der Waals surface area contributed by atoms with Crippen LogP contribution < -0.4 is 15.4 Å². The van der Waals surface area contributed by atoms with Crippen molar-refractivity contribution < 1.29 is 9.47 Å². The number of nitrogens with zero attached hydrogens (tertiary/aromatic N) is 2. The second-order valence-corrected chi connectivity index (χ2v) is 5.60. The van der Waals surface area contributed by atoms with Crippen LogP contribution in [0.15, 0.2) is 29.3 Å². The lowest BCUT2D eigenvalue weighted by Crippen LogP contribution is -2.39. The minimum absolute atomic E-state index is 0. The monoisotopic (exact) mass is 464 g/mol. The van der Waals surface area contributed by atoms with Crippen molar-refractivity contribution in [1.29, 1.82) is 0 Å². The lowest BCUT2D eigenvalue weighted by atomic mass is 10.1. The summed E-state index contributed by atoms with van der Waals surface area (Å²) in [5, 5.41) is 6.56. The summed E-state index contributed by atoms with van der Waals surface area (Å²) >= 11 is 0. The predicted molar refractivity (Wildman–Crippen MR) is 115 cm³/mol. The van der Waals surface area contributed by atoms with E-state index in [0.717, 1.165) is 31.4 Å². The van der Waals surface area contributed by atoms with Crippen LogP contribution >= 0.6 is 24.0 Å². The van der Waals surface area contributed by atoms with Crippen LogP contribution in [-0.4, -0.2) is 64.9 Å². The highest BCUT2D eigenvalue weighted by Crippen LogP contribution is 2.22. The van der Waals surface area contributed by atoms with Crippen LogP contribution in [0.2, 0.25) is 0 Å². The zero-order valence-corrected chi connectivity index (χ0v) is 18.4. The van der Waals surface area contributed by atoms with Crippen molar-refractivity contribution >= 4 is 29.9 Å². The Bertz CT molecular complexity index is 498. The van der Waals surface area contributed by atoms with Crippen LogP contribution in [0.4, 0.5) is 0 Å². The molecule has 1 aromatic carbocycles. The molecule has 1 atom stereocenters. The number of hydrogen-bond acceptors (Lipinski definition) is 4. The van der Waals surface area contributed by atoms with Crippen LogP contribution in [0.3, 0.4) is 0 Å². The van der Waals surface area contributed by atoms with Crippen LogP contribution in [0.1, 0.15) is 25.5 Å². The van der Waals surface area contributed by atoms with Crippen molar-refractivity contribution in [3.8, 4) is 5.75 Å². The van der Waals surface area contributed by atoms with Gasteiger partial charge in [0.2, 0.25) is 0 Å². The van der Waals surface area contributed by atoms with Gasteiger partial charge in [-0.15, -0.1) is 24.0 Å². The first kappa shape index (κ1) is 23.9. The van der Waals surface area contributed by atoms with Gasteiger partial charge in [0.15, 0.2) is 5.96 Å². The zero-order chi connectivity index (χ0) is 17.8. The molecular weight excluding hydrogens is 431 g/mol. The van der Waals surface area contributed by atoms with Crippen molar-refractivity contribution in [3.63, 3.8) is 0 Å². The Morgan fingerprint density at radius 2 is 2.00 bits per heavy atom. The molecule has 0 aromatic heterocycles. The molecule has 1 rings (SSSR count). The Morgan fingerprint density at radius 3 is 2.60 bits per heavy atom. The molecule has 1 aromatic rings. The van der Waals surface area contributed by atoms with Crippen LogP contribution in [0.25, 0.3) is 0 Å². The van der Waals surface area contributed by atoms with Crippen molar-refractivity contribution in [2.45, 2.75) is 19.9 Å². The van der Waals surface area contributed by atoms with Crippen molar-refractivity contribution in [1.82, 2.24) is 15.5 Å². The Balaban J connectivity index is 0.00000576. The summed E-state index contributed by atoms with van der Waals surface area (Å²) in [4.78, 5) is 6.89. The average molecular weight is 464 g/mol. The van der Waals surface area contributed by atoms with Gasteiger partial charge < -0.3 is 25.0 Å². The Morgan fingerprint density at radius 1 is 1.24 bits per heavy atom. The second kappa shape index (κ2) is 14.1. The fraction of sp³-hybridized carbons (Fsp3) is 0.611. The highest BCUT2D eigenvalue weighted by molar-refractivity contribution is 14.0. The Labute approximate surface area is 169 Å². The number of ether oxygens (including phenoxy) is 2. The first-order chi connectivity index (χ1) is 11.6. The van der Waals surface area contributed by atoms with E-state index in [1.165, 1.54) is 5.56 Å². The Hall–Kier alpha value is -1.06. The van der Waals surface area contributed by atoms with E-state index >= 15 is 0 Å². The average Bonchev–Trinajstić information content (AvgIpc) is 2.58. The highest BCUT2D eigenvalue weighted by atomic mass is 127. The van der Waals surface area contributed by atoms with Gasteiger partial charge in [0.25, 0.3) is 0 Å². The maximum Gasteiger partial charge on any atom is 0.191 e. The van der Waals surface area contributed by atoms with E-state index in [9.17, 15) is 0 Å². The molecule has 0 spiro atoms. The number of nitrogens with one attached hydrogen (secondary N) is 2. The normalized spacial score (nSPS) is 12.5. The molecule has 7 heteroatoms. The fourth-order valence-corrected chi connectivity index (χ4v) is 2.32. The van der Waals surface area contributed by atoms with Crippen LogP contribution in [-0.2, 0) is 4.74 Å². The largest absolute Gasteiger partial charge is 0.497 e.